The first-order valence-corrected chi connectivity index (χ1v) is 26.2. The molecule has 4 N–H and O–H groups in total. The van der Waals surface area contributed by atoms with E-state index in [1.54, 1.807) is 41.0 Å². The number of carbonyl (C=O) groups is 4. The highest BCUT2D eigenvalue weighted by Crippen LogP contribution is 2.40. The van der Waals surface area contributed by atoms with Crippen molar-refractivity contribution in [2.24, 2.45) is 10.4 Å². The van der Waals surface area contributed by atoms with E-state index in [1.165, 1.54) is 9.78 Å². The van der Waals surface area contributed by atoms with Crippen LogP contribution in [0.15, 0.2) is 77.4 Å². The van der Waals surface area contributed by atoms with Gasteiger partial charge in [-0.05, 0) is 74.4 Å². The SMILES string of the molecule is Cc1ncsc1-c1ccc([C@H](C)NC(=O)[C@@H]2C[C@@H](O)CN2C(=O)C(NC(=O)Cc2ccc(OC3CC(NC(=O)C[C@@H]4N=C(c5ccc(Cl)cc5)c5c(sc(C)c5C)-n5c(C)nnc54)C3)nc2)C(C)(C)C)cc1. The van der Waals surface area contributed by atoms with Gasteiger partial charge < -0.3 is 30.7 Å². The molecule has 4 aromatic heterocycles. The molecule has 1 saturated heterocycles. The molecule has 16 nitrogen and oxygen atoms in total. The number of amides is 4. The highest BCUT2D eigenvalue weighted by Gasteiger charge is 2.45. The minimum absolute atomic E-state index is 0.0285. The van der Waals surface area contributed by atoms with Gasteiger partial charge in [0.05, 0.1) is 46.8 Å². The number of likely N-dealkylation sites (tertiary alicyclic amines) is 1. The van der Waals surface area contributed by atoms with Crippen molar-refractivity contribution >= 4 is 63.6 Å². The van der Waals surface area contributed by atoms with Crippen LogP contribution in [-0.4, -0.2) is 101 Å². The van der Waals surface area contributed by atoms with Gasteiger partial charge in [0.25, 0.3) is 0 Å². The molecule has 72 heavy (non-hydrogen) atoms. The second-order valence-corrected chi connectivity index (χ2v) is 22.6. The van der Waals surface area contributed by atoms with E-state index >= 15 is 0 Å². The van der Waals surface area contributed by atoms with E-state index in [0.717, 1.165) is 54.9 Å². The lowest BCUT2D eigenvalue weighted by Gasteiger charge is -2.35. The van der Waals surface area contributed by atoms with Gasteiger partial charge in [0, 0.05) is 65.1 Å². The second-order valence-electron chi connectivity index (χ2n) is 20.1. The molecule has 2 aromatic carbocycles. The number of thiazole rings is 1. The van der Waals surface area contributed by atoms with Crippen LogP contribution in [0, 0.1) is 33.1 Å². The van der Waals surface area contributed by atoms with Crippen molar-refractivity contribution in [2.75, 3.05) is 6.54 Å². The van der Waals surface area contributed by atoms with Crippen LogP contribution in [0.3, 0.4) is 0 Å². The summed E-state index contributed by atoms with van der Waals surface area (Å²) in [6, 6.07) is 16.0. The smallest absolute Gasteiger partial charge is 0.246 e. The number of nitrogens with one attached hydrogen (secondary N) is 3. The lowest BCUT2D eigenvalue weighted by Crippen LogP contribution is -2.58. The maximum atomic E-state index is 14.3. The molecule has 376 valence electrons. The van der Waals surface area contributed by atoms with Crippen LogP contribution in [-0.2, 0) is 25.6 Å². The molecule has 1 unspecified atom stereocenters. The second kappa shape index (κ2) is 20.6. The molecule has 9 rings (SSSR count). The van der Waals surface area contributed by atoms with Gasteiger partial charge in [-0.1, -0.05) is 74.8 Å². The first kappa shape index (κ1) is 50.6. The number of fused-ring (bicyclic) bond motifs is 3. The number of ether oxygens (including phenoxy) is 1. The fourth-order valence-corrected chi connectivity index (χ4v) is 11.7. The first-order valence-electron chi connectivity index (χ1n) is 24.2. The van der Waals surface area contributed by atoms with Crippen molar-refractivity contribution in [2.45, 2.75) is 130 Å². The summed E-state index contributed by atoms with van der Waals surface area (Å²) in [6.07, 6.45) is 1.80. The monoisotopic (exact) mass is 1030 g/mol. The highest BCUT2D eigenvalue weighted by molar-refractivity contribution is 7.15. The molecule has 5 atom stereocenters. The zero-order chi connectivity index (χ0) is 51.2. The minimum atomic E-state index is -0.979. The lowest BCUT2D eigenvalue weighted by molar-refractivity contribution is -0.144. The van der Waals surface area contributed by atoms with Crippen molar-refractivity contribution in [1.82, 2.24) is 45.6 Å². The number of hydrogen-bond acceptors (Lipinski definition) is 13. The maximum Gasteiger partial charge on any atom is 0.246 e. The molecule has 0 bridgehead atoms. The Morgan fingerprint density at radius 1 is 0.903 bits per heavy atom. The number of thiophene rings is 1. The van der Waals surface area contributed by atoms with Crippen molar-refractivity contribution in [3.8, 4) is 21.3 Å². The largest absolute Gasteiger partial charge is 0.474 e. The van der Waals surface area contributed by atoms with Crippen LogP contribution >= 0.6 is 34.3 Å². The summed E-state index contributed by atoms with van der Waals surface area (Å²) in [7, 11) is 0. The van der Waals surface area contributed by atoms with Crippen molar-refractivity contribution in [3.05, 3.63) is 127 Å². The van der Waals surface area contributed by atoms with E-state index in [1.807, 2.05) is 100 Å². The molecule has 6 aromatic rings. The Bertz CT molecular complexity index is 3030. The summed E-state index contributed by atoms with van der Waals surface area (Å²) >= 11 is 9.50. The van der Waals surface area contributed by atoms with Crippen molar-refractivity contribution in [3.63, 3.8) is 0 Å². The van der Waals surface area contributed by atoms with Crippen LogP contribution in [0.2, 0.25) is 5.02 Å². The van der Waals surface area contributed by atoms with Crippen molar-refractivity contribution in [1.29, 1.82) is 0 Å². The molecule has 4 amide bonds. The van der Waals surface area contributed by atoms with Crippen LogP contribution in [0.1, 0.15) is 115 Å². The Labute approximate surface area is 431 Å². The standard InChI is InChI=1S/C53H59ClN10O6S2/c1-27-30(4)72-52-45(27)46(34-14-16-36(54)17-15-34)59-40(49-62-61-31(5)64(49)52)23-43(67)58-37-20-39(21-37)70-44-18-9-32(24-55-44)19-42(66)60-48(53(6,7)8)51(69)63-25-38(65)22-41(63)50(68)57-28(2)33-10-12-35(13-11-33)47-29(3)56-26-71-47/h9-18,24,26,28,37-41,48,65H,19-23,25H2,1-8H3,(H,57,68)(H,58,67)(H,60,66)/t28-,37?,38+,39?,40-,41-,48?/m0/s1. The average Bonchev–Trinajstić information content (AvgIpc) is 4.10. The average molecular weight is 1030 g/mol. The number of aromatic nitrogens is 5. The fourth-order valence-electron chi connectivity index (χ4n) is 9.54. The van der Waals surface area contributed by atoms with E-state index in [-0.39, 0.29) is 55.8 Å². The zero-order valence-corrected chi connectivity index (χ0v) is 43.9. The number of carbonyl (C=O) groups excluding carboxylic acids is 4. The summed E-state index contributed by atoms with van der Waals surface area (Å²) < 4.78 is 8.17. The molecule has 3 aliphatic rings. The third kappa shape index (κ3) is 10.7. The predicted octanol–water partition coefficient (Wildman–Crippen LogP) is 7.66. The number of hydrogen-bond donors (Lipinski definition) is 4. The molecular weight excluding hydrogens is 972 g/mol. The van der Waals surface area contributed by atoms with E-state index in [0.29, 0.717) is 35.1 Å². The Hall–Kier alpha value is -6.34. The number of aliphatic hydroxyl groups excluding tert-OH is 1. The zero-order valence-electron chi connectivity index (χ0n) is 41.5. The van der Waals surface area contributed by atoms with E-state index < -0.39 is 41.5 Å². The van der Waals surface area contributed by atoms with Gasteiger partial charge in [-0.15, -0.1) is 32.9 Å². The van der Waals surface area contributed by atoms with E-state index in [4.69, 9.17) is 21.3 Å². The summed E-state index contributed by atoms with van der Waals surface area (Å²) in [6.45, 7) is 15.5. The summed E-state index contributed by atoms with van der Waals surface area (Å²) in [5, 5.41) is 30.4. The number of nitrogens with zero attached hydrogens (tertiary/aromatic N) is 7. The fraction of sp³-hybridized carbons (Fsp3) is 0.415. The quantitative estimate of drug-likeness (QED) is 0.0839. The lowest BCUT2D eigenvalue weighted by atomic mass is 9.85. The van der Waals surface area contributed by atoms with Gasteiger partial charge in [0.2, 0.25) is 29.5 Å². The predicted molar refractivity (Wildman–Crippen MR) is 278 cm³/mol. The normalized spacial score (nSPS) is 20.3. The summed E-state index contributed by atoms with van der Waals surface area (Å²) in [5.41, 5.74) is 8.41. The molecule has 19 heteroatoms. The third-order valence-corrected chi connectivity index (χ3v) is 16.1. The highest BCUT2D eigenvalue weighted by atomic mass is 35.5. The van der Waals surface area contributed by atoms with Crippen LogP contribution in [0.25, 0.3) is 15.4 Å². The molecule has 1 saturated carbocycles. The Kier molecular flexibility index (Phi) is 14.5. The third-order valence-electron chi connectivity index (χ3n) is 13.7. The topological polar surface area (TPSA) is 206 Å². The number of aliphatic hydroxyl groups is 1. The number of β-amino-alcohol motifs (C(OH)–C–C–N with tert-alkyl or cyclic N) is 1. The first-order chi connectivity index (χ1) is 34.3. The Morgan fingerprint density at radius 2 is 1.62 bits per heavy atom. The Balaban J connectivity index is 0.768. The molecule has 0 spiro atoms. The molecule has 2 aliphatic heterocycles. The van der Waals surface area contributed by atoms with Crippen LogP contribution < -0.4 is 20.7 Å². The molecule has 2 fully saturated rings. The van der Waals surface area contributed by atoms with E-state index in [9.17, 15) is 24.3 Å². The molecule has 1 aliphatic carbocycles. The number of aryl methyl sites for hydroxylation is 3. The summed E-state index contributed by atoms with van der Waals surface area (Å²) in [4.78, 5) is 72.9. The number of aliphatic imine (C=N–C) groups is 1. The molecule has 0 radical (unpaired) electrons. The summed E-state index contributed by atoms with van der Waals surface area (Å²) in [5.74, 6) is 0.362. The van der Waals surface area contributed by atoms with Gasteiger partial charge in [-0.2, -0.15) is 0 Å². The van der Waals surface area contributed by atoms with Gasteiger partial charge in [-0.3, -0.25) is 28.7 Å². The Morgan fingerprint density at radius 3 is 2.29 bits per heavy atom. The molecular formula is C53H59ClN10O6S2. The van der Waals surface area contributed by atoms with E-state index in [2.05, 4.69) is 50.0 Å². The van der Waals surface area contributed by atoms with Crippen molar-refractivity contribution < 1.29 is 29.0 Å². The van der Waals surface area contributed by atoms with Crippen LogP contribution in [0.4, 0.5) is 0 Å². The molecule has 6 heterocycles. The van der Waals surface area contributed by atoms with Gasteiger partial charge in [0.15, 0.2) is 5.82 Å². The number of rotatable bonds is 14. The minimum Gasteiger partial charge on any atom is -0.474 e. The number of halogens is 1. The maximum absolute atomic E-state index is 14.3. The van der Waals surface area contributed by atoms with Gasteiger partial charge in [0.1, 0.15) is 35.1 Å². The van der Waals surface area contributed by atoms with Gasteiger partial charge in [-0.25, -0.2) is 9.97 Å². The van der Waals surface area contributed by atoms with Crippen LogP contribution in [0.5, 0.6) is 5.88 Å². The number of pyridine rings is 1. The van der Waals surface area contributed by atoms with Gasteiger partial charge >= 0.3 is 0 Å². The number of benzene rings is 2.